The van der Waals surface area contributed by atoms with Gasteiger partial charge in [0.1, 0.15) is 0 Å². The lowest BCUT2D eigenvalue weighted by atomic mass is 10.1. The van der Waals surface area contributed by atoms with Gasteiger partial charge in [-0.2, -0.15) is 9.78 Å². The summed E-state index contributed by atoms with van der Waals surface area (Å²) in [5, 5.41) is 5.20. The van der Waals surface area contributed by atoms with Crippen molar-refractivity contribution in [1.82, 2.24) is 9.66 Å². The van der Waals surface area contributed by atoms with Gasteiger partial charge in [-0.15, -0.1) is 0 Å². The van der Waals surface area contributed by atoms with Gasteiger partial charge >= 0.3 is 0 Å². The highest BCUT2D eigenvalue weighted by Crippen LogP contribution is 2.19. The van der Waals surface area contributed by atoms with Crippen LogP contribution in [0.5, 0.6) is 0 Å². The van der Waals surface area contributed by atoms with Crippen molar-refractivity contribution in [2.75, 3.05) is 0 Å². The molecule has 4 nitrogen and oxygen atoms in total. The first kappa shape index (κ1) is 16.9. The van der Waals surface area contributed by atoms with Crippen LogP contribution in [-0.2, 0) is 0 Å². The maximum atomic E-state index is 13.2. The molecule has 0 spiro atoms. The van der Waals surface area contributed by atoms with Gasteiger partial charge in [-0.05, 0) is 31.5 Å². The molecule has 0 radical (unpaired) electrons. The van der Waals surface area contributed by atoms with Crippen molar-refractivity contribution in [2.24, 2.45) is 5.10 Å². The van der Waals surface area contributed by atoms with Crippen LogP contribution in [0.15, 0.2) is 88.8 Å². The Labute approximate surface area is 157 Å². The van der Waals surface area contributed by atoms with E-state index in [1.165, 1.54) is 10.2 Å². The van der Waals surface area contributed by atoms with Crippen LogP contribution in [0.3, 0.4) is 0 Å². The molecule has 0 N–H and O–H groups in total. The molecule has 1 heterocycles. The molecule has 0 unspecified atom stereocenters. The number of aryl methyl sites for hydroxylation is 1. The second-order valence-electron chi connectivity index (χ2n) is 6.49. The average Bonchev–Trinajstić information content (AvgIpc) is 2.71. The Bertz CT molecular complexity index is 1190. The molecule has 0 atom stereocenters. The molecule has 0 aliphatic heterocycles. The molecule has 4 aromatic rings. The summed E-state index contributed by atoms with van der Waals surface area (Å²) < 4.78 is 1.41. The Morgan fingerprint density at radius 3 is 2.30 bits per heavy atom. The SMILES string of the molecule is C/C(=N/n1c(-c2ccccc2)nc2ccccc2c1=O)c1ccc(C)cc1. The van der Waals surface area contributed by atoms with E-state index in [2.05, 4.69) is 5.10 Å². The molecule has 0 amide bonds. The first-order valence-corrected chi connectivity index (χ1v) is 8.83. The van der Waals surface area contributed by atoms with E-state index in [0.29, 0.717) is 16.7 Å². The number of rotatable bonds is 3. The molecule has 132 valence electrons. The highest BCUT2D eigenvalue weighted by Gasteiger charge is 2.12. The zero-order valence-electron chi connectivity index (χ0n) is 15.3. The summed E-state index contributed by atoms with van der Waals surface area (Å²) in [6.45, 7) is 3.95. The maximum Gasteiger partial charge on any atom is 0.282 e. The number of hydrogen-bond donors (Lipinski definition) is 0. The normalized spacial score (nSPS) is 11.7. The Morgan fingerprint density at radius 1 is 0.889 bits per heavy atom. The fourth-order valence-electron chi connectivity index (χ4n) is 2.99. The molecule has 0 aliphatic carbocycles. The quantitative estimate of drug-likeness (QED) is 0.504. The summed E-state index contributed by atoms with van der Waals surface area (Å²) in [4.78, 5) is 17.9. The van der Waals surface area contributed by atoms with Crippen molar-refractivity contribution in [1.29, 1.82) is 0 Å². The Morgan fingerprint density at radius 2 is 1.56 bits per heavy atom. The summed E-state index contributed by atoms with van der Waals surface area (Å²) in [5.41, 5.74) is 4.25. The molecule has 0 bridgehead atoms. The minimum absolute atomic E-state index is 0.175. The van der Waals surface area contributed by atoms with E-state index in [-0.39, 0.29) is 5.56 Å². The van der Waals surface area contributed by atoms with Crippen molar-refractivity contribution in [3.8, 4) is 11.4 Å². The number of aromatic nitrogens is 2. The van der Waals surface area contributed by atoms with Gasteiger partial charge in [-0.25, -0.2) is 4.98 Å². The second-order valence-corrected chi connectivity index (χ2v) is 6.49. The lowest BCUT2D eigenvalue weighted by molar-refractivity contribution is 0.824. The van der Waals surface area contributed by atoms with E-state index in [1.807, 2.05) is 86.6 Å². The largest absolute Gasteiger partial charge is 0.282 e. The van der Waals surface area contributed by atoms with Crippen molar-refractivity contribution in [2.45, 2.75) is 13.8 Å². The van der Waals surface area contributed by atoms with Gasteiger partial charge in [-0.3, -0.25) is 4.79 Å². The molecule has 0 saturated carbocycles. The first-order chi connectivity index (χ1) is 13.1. The summed E-state index contributed by atoms with van der Waals surface area (Å²) in [5.74, 6) is 0.533. The lowest BCUT2D eigenvalue weighted by Gasteiger charge is -2.11. The van der Waals surface area contributed by atoms with E-state index < -0.39 is 0 Å². The summed E-state index contributed by atoms with van der Waals surface area (Å²) in [6, 6.07) is 25.1. The summed E-state index contributed by atoms with van der Waals surface area (Å²) in [7, 11) is 0. The van der Waals surface area contributed by atoms with Gasteiger partial charge < -0.3 is 0 Å². The Hall–Kier alpha value is -3.53. The van der Waals surface area contributed by atoms with Crippen LogP contribution in [0.25, 0.3) is 22.3 Å². The molecule has 1 aromatic heterocycles. The molecule has 3 aromatic carbocycles. The van der Waals surface area contributed by atoms with Crippen LogP contribution in [0.4, 0.5) is 0 Å². The van der Waals surface area contributed by atoms with Gasteiger partial charge in [0.15, 0.2) is 5.82 Å². The fraction of sp³-hybridized carbons (Fsp3) is 0.0870. The van der Waals surface area contributed by atoms with Gasteiger partial charge in [0.05, 0.1) is 16.6 Å². The molecule has 27 heavy (non-hydrogen) atoms. The topological polar surface area (TPSA) is 47.2 Å². The zero-order valence-corrected chi connectivity index (χ0v) is 15.3. The monoisotopic (exact) mass is 353 g/mol. The van der Waals surface area contributed by atoms with Crippen molar-refractivity contribution < 1.29 is 0 Å². The molecule has 0 fully saturated rings. The molecule has 4 rings (SSSR count). The highest BCUT2D eigenvalue weighted by molar-refractivity contribution is 5.98. The third-order valence-electron chi connectivity index (χ3n) is 4.51. The minimum Gasteiger partial charge on any atom is -0.267 e. The Kier molecular flexibility index (Phi) is 4.38. The molecule has 4 heteroatoms. The average molecular weight is 353 g/mol. The van der Waals surface area contributed by atoms with Gasteiger partial charge in [0.25, 0.3) is 5.56 Å². The summed E-state index contributed by atoms with van der Waals surface area (Å²) in [6.07, 6.45) is 0. The first-order valence-electron chi connectivity index (χ1n) is 8.83. The van der Waals surface area contributed by atoms with E-state index in [9.17, 15) is 4.79 Å². The molecular weight excluding hydrogens is 334 g/mol. The van der Waals surface area contributed by atoms with Gasteiger partial charge in [-0.1, -0.05) is 72.3 Å². The number of benzene rings is 3. The predicted molar refractivity (Wildman–Crippen MR) is 110 cm³/mol. The lowest BCUT2D eigenvalue weighted by Crippen LogP contribution is -2.21. The molecule has 0 saturated heterocycles. The van der Waals surface area contributed by atoms with Crippen LogP contribution >= 0.6 is 0 Å². The van der Waals surface area contributed by atoms with Crippen LogP contribution in [0.1, 0.15) is 18.1 Å². The second kappa shape index (κ2) is 7.00. The van der Waals surface area contributed by atoms with Gasteiger partial charge in [0, 0.05) is 5.56 Å². The van der Waals surface area contributed by atoms with E-state index in [1.54, 1.807) is 6.07 Å². The Balaban J connectivity index is 1.98. The van der Waals surface area contributed by atoms with E-state index in [0.717, 1.165) is 16.8 Å². The smallest absolute Gasteiger partial charge is 0.267 e. The molecule has 0 aliphatic rings. The standard InChI is InChI=1S/C23H19N3O/c1-16-12-14-18(15-13-16)17(2)25-26-22(19-8-4-3-5-9-19)24-21-11-7-6-10-20(21)23(26)27/h3-15H,1-2H3/b25-17-. The van der Waals surface area contributed by atoms with Crippen molar-refractivity contribution in [3.05, 3.63) is 100 Å². The third kappa shape index (κ3) is 3.29. The maximum absolute atomic E-state index is 13.2. The van der Waals surface area contributed by atoms with Gasteiger partial charge in [0.2, 0.25) is 0 Å². The third-order valence-corrected chi connectivity index (χ3v) is 4.51. The zero-order chi connectivity index (χ0) is 18.8. The van der Waals surface area contributed by atoms with Crippen LogP contribution in [0.2, 0.25) is 0 Å². The number of nitrogens with zero attached hydrogens (tertiary/aromatic N) is 3. The van der Waals surface area contributed by atoms with Crippen LogP contribution in [0, 0.1) is 6.92 Å². The molecular formula is C23H19N3O. The number of hydrogen-bond acceptors (Lipinski definition) is 3. The number of para-hydroxylation sites is 1. The van der Waals surface area contributed by atoms with Crippen molar-refractivity contribution >= 4 is 16.6 Å². The van der Waals surface area contributed by atoms with Crippen LogP contribution < -0.4 is 5.56 Å². The predicted octanol–water partition coefficient (Wildman–Crippen LogP) is 4.64. The summed E-state index contributed by atoms with van der Waals surface area (Å²) >= 11 is 0. The van der Waals surface area contributed by atoms with E-state index in [4.69, 9.17) is 4.98 Å². The van der Waals surface area contributed by atoms with Crippen molar-refractivity contribution in [3.63, 3.8) is 0 Å². The number of fused-ring (bicyclic) bond motifs is 1. The highest BCUT2D eigenvalue weighted by atomic mass is 16.1. The minimum atomic E-state index is -0.175. The van der Waals surface area contributed by atoms with Crippen LogP contribution in [-0.4, -0.2) is 15.4 Å². The van der Waals surface area contributed by atoms with E-state index >= 15 is 0 Å². The fourth-order valence-corrected chi connectivity index (χ4v) is 2.99.